The van der Waals surface area contributed by atoms with Gasteiger partial charge in [-0.05, 0) is 70.1 Å². The zero-order valence-corrected chi connectivity index (χ0v) is 16.6. The topological polar surface area (TPSA) is 80.0 Å². The van der Waals surface area contributed by atoms with E-state index in [9.17, 15) is 14.7 Å². The molecule has 0 aliphatic carbocycles. The van der Waals surface area contributed by atoms with Crippen LogP contribution in [0.15, 0.2) is 27.4 Å². The van der Waals surface area contributed by atoms with Gasteiger partial charge in [0.1, 0.15) is 11.3 Å². The molecule has 2 unspecified atom stereocenters. The zero-order valence-electron chi connectivity index (χ0n) is 16.6. The van der Waals surface area contributed by atoms with Crippen molar-refractivity contribution in [3.05, 3.63) is 39.7 Å². The van der Waals surface area contributed by atoms with Gasteiger partial charge >= 0.3 is 5.63 Å². The summed E-state index contributed by atoms with van der Waals surface area (Å²) < 4.78 is 11.3. The number of ether oxygens (including phenoxy) is 1. The van der Waals surface area contributed by atoms with Crippen molar-refractivity contribution in [3.63, 3.8) is 0 Å². The minimum absolute atomic E-state index is 0.00877. The summed E-state index contributed by atoms with van der Waals surface area (Å²) in [7, 11) is 0. The van der Waals surface area contributed by atoms with E-state index in [1.165, 1.54) is 0 Å². The highest BCUT2D eigenvalue weighted by Crippen LogP contribution is 2.39. The van der Waals surface area contributed by atoms with Crippen LogP contribution in [0.2, 0.25) is 0 Å². The summed E-state index contributed by atoms with van der Waals surface area (Å²) in [5.41, 5.74) is 1.61. The van der Waals surface area contributed by atoms with Crippen LogP contribution in [0.25, 0.3) is 11.0 Å². The van der Waals surface area contributed by atoms with Gasteiger partial charge in [-0.1, -0.05) is 0 Å². The van der Waals surface area contributed by atoms with E-state index in [2.05, 4.69) is 0 Å². The molecule has 0 radical (unpaired) electrons. The van der Waals surface area contributed by atoms with Crippen LogP contribution in [0.5, 0.6) is 5.75 Å². The van der Waals surface area contributed by atoms with Crippen LogP contribution >= 0.6 is 0 Å². The van der Waals surface area contributed by atoms with E-state index in [0.717, 1.165) is 36.6 Å². The van der Waals surface area contributed by atoms with Crippen LogP contribution < -0.4 is 10.4 Å². The Labute approximate surface area is 164 Å². The lowest BCUT2D eigenvalue weighted by molar-refractivity contribution is -0.143. The fraction of sp³-hybridized carbons (Fsp3) is 0.545. The molecule has 2 bridgehead atoms. The molecule has 6 heteroatoms. The van der Waals surface area contributed by atoms with Gasteiger partial charge in [-0.3, -0.25) is 4.79 Å². The minimum atomic E-state index is -0.621. The number of carbonyl (C=O) groups excluding carboxylic acids is 1. The SMILES string of the molecule is Cc1c(C)c2ccc(OC(C)C(=O)N3[C@@H]4CC[C@H]3CC(CO)C4)cc2oc1=O. The molecular weight excluding hydrogens is 358 g/mol. The Balaban J connectivity index is 1.52. The van der Waals surface area contributed by atoms with Crippen molar-refractivity contribution < 1.29 is 19.1 Å². The quantitative estimate of drug-likeness (QED) is 0.819. The lowest BCUT2D eigenvalue weighted by atomic mass is 9.91. The maximum absolute atomic E-state index is 13.0. The smallest absolute Gasteiger partial charge is 0.339 e. The average Bonchev–Trinajstić information content (AvgIpc) is 2.94. The monoisotopic (exact) mass is 385 g/mol. The number of rotatable bonds is 4. The fourth-order valence-electron chi connectivity index (χ4n) is 4.76. The van der Waals surface area contributed by atoms with Gasteiger partial charge in [-0.2, -0.15) is 0 Å². The lowest BCUT2D eigenvalue weighted by Gasteiger charge is -2.39. The molecule has 2 aliphatic heterocycles. The summed E-state index contributed by atoms with van der Waals surface area (Å²) in [6.07, 6.45) is 3.11. The Kier molecular flexibility index (Phi) is 4.91. The summed E-state index contributed by atoms with van der Waals surface area (Å²) in [6, 6.07) is 5.76. The molecule has 1 amide bonds. The second kappa shape index (κ2) is 7.24. The average molecular weight is 385 g/mol. The van der Waals surface area contributed by atoms with Crippen molar-refractivity contribution in [2.24, 2.45) is 5.92 Å². The van der Waals surface area contributed by atoms with Gasteiger partial charge in [0.25, 0.3) is 5.91 Å². The molecule has 2 aliphatic rings. The van der Waals surface area contributed by atoms with E-state index in [0.29, 0.717) is 22.8 Å². The van der Waals surface area contributed by atoms with E-state index >= 15 is 0 Å². The molecule has 1 aromatic carbocycles. The Morgan fingerprint density at radius 3 is 2.57 bits per heavy atom. The van der Waals surface area contributed by atoms with Crippen molar-refractivity contribution in [3.8, 4) is 5.75 Å². The Morgan fingerprint density at radius 1 is 1.25 bits per heavy atom. The number of hydrogen-bond acceptors (Lipinski definition) is 5. The van der Waals surface area contributed by atoms with Gasteiger partial charge in [-0.25, -0.2) is 4.79 Å². The number of aliphatic hydroxyl groups excluding tert-OH is 1. The van der Waals surface area contributed by atoms with Gasteiger partial charge in [0.05, 0.1) is 0 Å². The van der Waals surface area contributed by atoms with Crippen LogP contribution in [0, 0.1) is 19.8 Å². The summed E-state index contributed by atoms with van der Waals surface area (Å²) in [5, 5.41) is 10.3. The third-order valence-electron chi connectivity index (χ3n) is 6.43. The maximum atomic E-state index is 13.0. The number of fused-ring (bicyclic) bond motifs is 3. The third kappa shape index (κ3) is 3.20. The Morgan fingerprint density at radius 2 is 1.93 bits per heavy atom. The van der Waals surface area contributed by atoms with E-state index < -0.39 is 6.10 Å². The molecule has 150 valence electrons. The number of aryl methyl sites for hydroxylation is 1. The Bertz CT molecular complexity index is 951. The molecular formula is C22H27NO5. The number of benzene rings is 1. The van der Waals surface area contributed by atoms with E-state index in [-0.39, 0.29) is 30.2 Å². The number of hydrogen-bond donors (Lipinski definition) is 1. The van der Waals surface area contributed by atoms with Crippen LogP contribution in [-0.2, 0) is 4.79 Å². The molecule has 28 heavy (non-hydrogen) atoms. The first-order valence-electron chi connectivity index (χ1n) is 10.0. The van der Waals surface area contributed by atoms with Gasteiger partial charge in [0.2, 0.25) is 0 Å². The molecule has 1 aromatic heterocycles. The van der Waals surface area contributed by atoms with Gasteiger partial charge in [0, 0.05) is 35.7 Å². The largest absolute Gasteiger partial charge is 0.481 e. The molecule has 2 aromatic rings. The molecule has 1 N–H and O–H groups in total. The summed E-state index contributed by atoms with van der Waals surface area (Å²) in [5.74, 6) is 0.802. The summed E-state index contributed by atoms with van der Waals surface area (Å²) >= 11 is 0. The molecule has 3 heterocycles. The predicted octanol–water partition coefficient (Wildman–Crippen LogP) is 2.94. The number of carbonyl (C=O) groups is 1. The molecule has 2 saturated heterocycles. The molecule has 2 fully saturated rings. The highest BCUT2D eigenvalue weighted by molar-refractivity contribution is 5.84. The number of nitrogens with zero attached hydrogens (tertiary/aromatic N) is 1. The second-order valence-corrected chi connectivity index (χ2v) is 8.21. The normalized spacial score (nSPS) is 25.1. The predicted molar refractivity (Wildman–Crippen MR) is 106 cm³/mol. The molecule has 0 spiro atoms. The van der Waals surface area contributed by atoms with Crippen molar-refractivity contribution >= 4 is 16.9 Å². The molecule has 4 atom stereocenters. The fourth-order valence-corrected chi connectivity index (χ4v) is 4.76. The van der Waals surface area contributed by atoms with Crippen molar-refractivity contribution in [2.45, 2.75) is 64.6 Å². The van der Waals surface area contributed by atoms with Gasteiger partial charge < -0.3 is 19.2 Å². The number of piperidine rings is 1. The van der Waals surface area contributed by atoms with Crippen molar-refractivity contribution in [1.29, 1.82) is 0 Å². The van der Waals surface area contributed by atoms with E-state index in [1.54, 1.807) is 19.9 Å². The van der Waals surface area contributed by atoms with Crippen LogP contribution in [0.4, 0.5) is 0 Å². The van der Waals surface area contributed by atoms with Crippen LogP contribution in [0.1, 0.15) is 43.7 Å². The first-order valence-corrected chi connectivity index (χ1v) is 10.0. The Hall–Kier alpha value is -2.34. The molecule has 6 nitrogen and oxygen atoms in total. The lowest BCUT2D eigenvalue weighted by Crippen LogP contribution is -2.51. The van der Waals surface area contributed by atoms with E-state index in [4.69, 9.17) is 9.15 Å². The maximum Gasteiger partial charge on any atom is 0.339 e. The zero-order chi connectivity index (χ0) is 20.0. The number of aliphatic hydroxyl groups is 1. The summed E-state index contributed by atoms with van der Waals surface area (Å²) in [6.45, 7) is 5.61. The van der Waals surface area contributed by atoms with E-state index in [1.807, 2.05) is 24.0 Å². The number of amides is 1. The molecule has 4 rings (SSSR count). The summed E-state index contributed by atoms with van der Waals surface area (Å²) in [4.78, 5) is 27.0. The first-order chi connectivity index (χ1) is 13.4. The highest BCUT2D eigenvalue weighted by atomic mass is 16.5. The van der Waals surface area contributed by atoms with Crippen LogP contribution in [0.3, 0.4) is 0 Å². The third-order valence-corrected chi connectivity index (χ3v) is 6.43. The van der Waals surface area contributed by atoms with Gasteiger partial charge in [0.15, 0.2) is 6.10 Å². The highest BCUT2D eigenvalue weighted by Gasteiger charge is 2.44. The first kappa shape index (κ1) is 19.0. The second-order valence-electron chi connectivity index (χ2n) is 8.21. The minimum Gasteiger partial charge on any atom is -0.481 e. The van der Waals surface area contributed by atoms with Crippen LogP contribution in [-0.4, -0.2) is 40.7 Å². The van der Waals surface area contributed by atoms with Gasteiger partial charge in [-0.15, -0.1) is 0 Å². The van der Waals surface area contributed by atoms with Crippen molar-refractivity contribution in [2.75, 3.05) is 6.61 Å². The molecule has 0 saturated carbocycles. The standard InChI is InChI=1S/C22H27NO5/c1-12-13(2)22(26)28-20-10-18(6-7-19(12)20)27-14(3)21(25)23-16-4-5-17(23)9-15(8-16)11-24/h6-7,10,14-17,24H,4-5,8-9,11H2,1-3H3/t14?,15?,16-,17+. The van der Waals surface area contributed by atoms with Crippen molar-refractivity contribution in [1.82, 2.24) is 4.90 Å².